The molecule has 18 heavy (non-hydrogen) atoms. The highest BCUT2D eigenvalue weighted by atomic mass is 32.2. The van der Waals surface area contributed by atoms with Gasteiger partial charge in [0.15, 0.2) is 0 Å². The lowest BCUT2D eigenvalue weighted by Crippen LogP contribution is -1.88. The van der Waals surface area contributed by atoms with Gasteiger partial charge in [0.25, 0.3) is 0 Å². The van der Waals surface area contributed by atoms with Crippen LogP contribution >= 0.6 is 48.8 Å². The van der Waals surface area contributed by atoms with Gasteiger partial charge in [0, 0.05) is 32.4 Å². The van der Waals surface area contributed by atoms with Crippen molar-refractivity contribution >= 4 is 48.8 Å². The molecule has 0 aliphatic carbocycles. The van der Waals surface area contributed by atoms with Gasteiger partial charge in [-0.3, -0.25) is 9.97 Å². The van der Waals surface area contributed by atoms with Crippen LogP contribution in [0.1, 0.15) is 0 Å². The topological polar surface area (TPSA) is 25.8 Å². The standard InChI is InChI=1S/C12H12N2S4/c15-7-17-9-1-3-13-11(5-9)12-6-10(18-8-16)2-4-14-12/h1-6,15-16H,7-8H2. The van der Waals surface area contributed by atoms with Crippen LogP contribution in [0.5, 0.6) is 0 Å². The molecule has 0 unspecified atom stereocenters. The molecule has 0 fully saturated rings. The number of thiol groups is 2. The van der Waals surface area contributed by atoms with Gasteiger partial charge in [-0.2, -0.15) is 25.3 Å². The molecule has 94 valence electrons. The molecule has 2 aromatic rings. The van der Waals surface area contributed by atoms with E-state index >= 15 is 0 Å². The van der Waals surface area contributed by atoms with Crippen molar-refractivity contribution in [2.45, 2.75) is 9.79 Å². The molecule has 6 heteroatoms. The number of thioether (sulfide) groups is 2. The molecular weight excluding hydrogens is 300 g/mol. The maximum Gasteiger partial charge on any atom is 0.0897 e. The van der Waals surface area contributed by atoms with E-state index in [-0.39, 0.29) is 0 Å². The van der Waals surface area contributed by atoms with E-state index < -0.39 is 0 Å². The highest BCUT2D eigenvalue weighted by Gasteiger charge is 2.04. The van der Waals surface area contributed by atoms with Crippen LogP contribution in [-0.4, -0.2) is 20.1 Å². The Hall–Kier alpha value is -0.300. The Morgan fingerprint density at radius 3 is 1.67 bits per heavy atom. The quantitative estimate of drug-likeness (QED) is 0.493. The highest BCUT2D eigenvalue weighted by Crippen LogP contribution is 2.26. The average molecular weight is 313 g/mol. The lowest BCUT2D eigenvalue weighted by Gasteiger charge is -2.04. The minimum Gasteiger partial charge on any atom is -0.255 e. The third-order valence-corrected chi connectivity index (χ3v) is 4.39. The Morgan fingerprint density at radius 1 is 0.833 bits per heavy atom. The van der Waals surface area contributed by atoms with Gasteiger partial charge in [0.2, 0.25) is 0 Å². The van der Waals surface area contributed by atoms with E-state index in [1.54, 1.807) is 35.9 Å². The van der Waals surface area contributed by atoms with E-state index in [2.05, 4.69) is 35.2 Å². The lowest BCUT2D eigenvalue weighted by molar-refractivity contribution is 1.19. The summed E-state index contributed by atoms with van der Waals surface area (Å²) >= 11 is 11.8. The second-order valence-corrected chi connectivity index (χ2v) is 6.89. The number of rotatable bonds is 5. The van der Waals surface area contributed by atoms with Crippen molar-refractivity contribution in [2.24, 2.45) is 0 Å². The third-order valence-electron chi connectivity index (χ3n) is 2.19. The summed E-state index contributed by atoms with van der Waals surface area (Å²) in [6.45, 7) is 0. The highest BCUT2D eigenvalue weighted by molar-refractivity contribution is 8.09. The van der Waals surface area contributed by atoms with Crippen molar-refractivity contribution in [3.05, 3.63) is 36.7 Å². The fourth-order valence-corrected chi connectivity index (χ4v) is 3.33. The van der Waals surface area contributed by atoms with Crippen LogP contribution in [-0.2, 0) is 0 Å². The third kappa shape index (κ3) is 3.85. The molecule has 2 heterocycles. The normalized spacial score (nSPS) is 10.6. The Balaban J connectivity index is 2.29. The van der Waals surface area contributed by atoms with Crippen LogP contribution in [0.3, 0.4) is 0 Å². The molecule has 0 radical (unpaired) electrons. The van der Waals surface area contributed by atoms with Gasteiger partial charge in [-0.25, -0.2) is 0 Å². The number of pyridine rings is 2. The molecule has 0 spiro atoms. The van der Waals surface area contributed by atoms with Gasteiger partial charge >= 0.3 is 0 Å². The van der Waals surface area contributed by atoms with Crippen LogP contribution < -0.4 is 0 Å². The minimum atomic E-state index is 0.756. The van der Waals surface area contributed by atoms with Crippen molar-refractivity contribution < 1.29 is 0 Å². The molecule has 0 amide bonds. The first-order valence-corrected chi connectivity index (χ1v) is 8.47. The van der Waals surface area contributed by atoms with E-state index in [1.165, 1.54) is 0 Å². The Morgan fingerprint density at radius 2 is 1.28 bits per heavy atom. The Bertz CT molecular complexity index is 471. The minimum absolute atomic E-state index is 0.756. The molecule has 0 aliphatic heterocycles. The van der Waals surface area contributed by atoms with E-state index in [4.69, 9.17) is 0 Å². The van der Waals surface area contributed by atoms with E-state index in [0.29, 0.717) is 0 Å². The maximum atomic E-state index is 4.36. The number of nitrogens with zero attached hydrogens (tertiary/aromatic N) is 2. The van der Waals surface area contributed by atoms with E-state index in [1.807, 2.05) is 24.3 Å². The van der Waals surface area contributed by atoms with Crippen molar-refractivity contribution in [3.63, 3.8) is 0 Å². The van der Waals surface area contributed by atoms with Gasteiger partial charge in [-0.1, -0.05) is 0 Å². The molecule has 0 bridgehead atoms. The van der Waals surface area contributed by atoms with E-state index in [9.17, 15) is 0 Å². The fourth-order valence-electron chi connectivity index (χ4n) is 1.43. The predicted molar refractivity (Wildman–Crippen MR) is 86.9 cm³/mol. The second-order valence-electron chi connectivity index (χ2n) is 3.30. The summed E-state index contributed by atoms with van der Waals surface area (Å²) in [7, 11) is 0. The van der Waals surface area contributed by atoms with Crippen LogP contribution in [0.4, 0.5) is 0 Å². The van der Waals surface area contributed by atoms with Crippen LogP contribution in [0.25, 0.3) is 11.4 Å². The zero-order valence-corrected chi connectivity index (χ0v) is 12.9. The Labute approximate surface area is 126 Å². The van der Waals surface area contributed by atoms with Crippen LogP contribution in [0.15, 0.2) is 46.5 Å². The number of hydrogen-bond donors (Lipinski definition) is 2. The summed E-state index contributed by atoms with van der Waals surface area (Å²) in [5, 5.41) is 1.51. The molecule has 0 aromatic carbocycles. The van der Waals surface area contributed by atoms with Crippen molar-refractivity contribution in [1.82, 2.24) is 9.97 Å². The van der Waals surface area contributed by atoms with Crippen LogP contribution in [0.2, 0.25) is 0 Å². The molecular formula is C12H12N2S4. The van der Waals surface area contributed by atoms with Gasteiger partial charge < -0.3 is 0 Å². The first kappa shape index (κ1) is 14.1. The molecule has 0 saturated heterocycles. The van der Waals surface area contributed by atoms with E-state index in [0.717, 1.165) is 31.3 Å². The molecule has 2 rings (SSSR count). The first-order chi connectivity index (χ1) is 8.83. The zero-order chi connectivity index (χ0) is 12.8. The first-order valence-electron chi connectivity index (χ1n) is 5.23. The molecule has 0 N–H and O–H groups in total. The summed E-state index contributed by atoms with van der Waals surface area (Å²) in [4.78, 5) is 11.0. The monoisotopic (exact) mass is 312 g/mol. The summed E-state index contributed by atoms with van der Waals surface area (Å²) < 4.78 is 0. The summed E-state index contributed by atoms with van der Waals surface area (Å²) in [6, 6.07) is 8.05. The molecule has 0 saturated carbocycles. The number of hydrogen-bond acceptors (Lipinski definition) is 6. The molecule has 0 atom stereocenters. The van der Waals surface area contributed by atoms with Gasteiger partial charge in [-0.05, 0) is 24.3 Å². The largest absolute Gasteiger partial charge is 0.255 e. The van der Waals surface area contributed by atoms with Gasteiger partial charge in [0.1, 0.15) is 0 Å². The van der Waals surface area contributed by atoms with Crippen molar-refractivity contribution in [1.29, 1.82) is 0 Å². The summed E-state index contributed by atoms with van der Waals surface area (Å²) in [5.41, 5.74) is 1.78. The average Bonchev–Trinajstić information content (AvgIpc) is 2.40. The number of aromatic nitrogens is 2. The maximum absolute atomic E-state index is 4.36. The van der Waals surface area contributed by atoms with Crippen LogP contribution in [0, 0.1) is 0 Å². The smallest absolute Gasteiger partial charge is 0.0897 e. The SMILES string of the molecule is SCSc1ccnc(-c2cc(SCS)ccn2)c1. The van der Waals surface area contributed by atoms with Crippen molar-refractivity contribution in [2.75, 3.05) is 10.2 Å². The molecule has 2 nitrogen and oxygen atoms in total. The molecule has 0 aliphatic rings. The van der Waals surface area contributed by atoms with Gasteiger partial charge in [-0.15, -0.1) is 23.5 Å². The van der Waals surface area contributed by atoms with Crippen molar-refractivity contribution in [3.8, 4) is 11.4 Å². The Kier molecular flexibility index (Phi) is 5.75. The zero-order valence-electron chi connectivity index (χ0n) is 9.48. The second kappa shape index (κ2) is 7.33. The summed E-state index contributed by atoms with van der Waals surface area (Å²) in [5.74, 6) is 0. The predicted octanol–water partition coefficient (Wildman–Crippen LogP) is 4.10. The fraction of sp³-hybridized carbons (Fsp3) is 0.167. The summed E-state index contributed by atoms with van der Waals surface area (Å²) in [6.07, 6.45) is 3.61. The van der Waals surface area contributed by atoms with Gasteiger partial charge in [0.05, 0.1) is 11.4 Å². The molecule has 2 aromatic heterocycles. The lowest BCUT2D eigenvalue weighted by atomic mass is 10.2.